The fourth-order valence-corrected chi connectivity index (χ4v) is 3.32. The zero-order chi connectivity index (χ0) is 14.1. The Morgan fingerprint density at radius 1 is 1.30 bits per heavy atom. The Balaban J connectivity index is 1.78. The van der Waals surface area contributed by atoms with E-state index < -0.39 is 12.0 Å². The predicted molar refractivity (Wildman–Crippen MR) is 73.4 cm³/mol. The highest BCUT2D eigenvalue weighted by atomic mass is 16.4. The Kier molecular flexibility index (Phi) is 3.44. The van der Waals surface area contributed by atoms with E-state index >= 15 is 0 Å². The van der Waals surface area contributed by atoms with Gasteiger partial charge in [-0.1, -0.05) is 24.3 Å². The molecule has 106 valence electrons. The lowest BCUT2D eigenvalue weighted by Crippen LogP contribution is -2.59. The number of hydrogen-bond donors (Lipinski definition) is 2. The summed E-state index contributed by atoms with van der Waals surface area (Å²) in [6.45, 7) is 1.32. The fourth-order valence-electron chi connectivity index (χ4n) is 3.32. The Bertz CT molecular complexity index is 519. The summed E-state index contributed by atoms with van der Waals surface area (Å²) >= 11 is 0. The number of fused-ring (bicyclic) bond motifs is 1. The minimum absolute atomic E-state index is 0.126. The van der Waals surface area contributed by atoms with Crippen LogP contribution in [0.3, 0.4) is 0 Å². The molecule has 0 aromatic heterocycles. The van der Waals surface area contributed by atoms with E-state index in [0.29, 0.717) is 6.54 Å². The van der Waals surface area contributed by atoms with Crippen molar-refractivity contribution in [1.29, 1.82) is 0 Å². The summed E-state index contributed by atoms with van der Waals surface area (Å²) in [5, 5.41) is 11.8. The highest BCUT2D eigenvalue weighted by Crippen LogP contribution is 2.27. The molecular formula is C15H18N2O3. The number of piperazine rings is 1. The molecule has 2 aliphatic rings. The maximum Gasteiger partial charge on any atom is 0.305 e. The van der Waals surface area contributed by atoms with Crippen LogP contribution in [0.4, 0.5) is 0 Å². The molecule has 20 heavy (non-hydrogen) atoms. The van der Waals surface area contributed by atoms with Gasteiger partial charge in [-0.25, -0.2) is 0 Å². The molecule has 3 rings (SSSR count). The lowest BCUT2D eigenvalue weighted by atomic mass is 10.0. The van der Waals surface area contributed by atoms with Crippen LogP contribution < -0.4 is 5.32 Å². The minimum atomic E-state index is -0.924. The average Bonchev–Trinajstić information content (AvgIpc) is 2.84. The SMILES string of the molecule is O=C(O)CC1C(=O)NCCN1C1Cc2ccccc2C1. The van der Waals surface area contributed by atoms with Crippen molar-refractivity contribution >= 4 is 11.9 Å². The number of hydrogen-bond acceptors (Lipinski definition) is 3. The van der Waals surface area contributed by atoms with Crippen molar-refractivity contribution in [3.8, 4) is 0 Å². The summed E-state index contributed by atoms with van der Waals surface area (Å²) in [5.41, 5.74) is 2.63. The quantitative estimate of drug-likeness (QED) is 0.838. The Morgan fingerprint density at radius 3 is 2.55 bits per heavy atom. The van der Waals surface area contributed by atoms with Gasteiger partial charge in [-0.2, -0.15) is 0 Å². The second-order valence-corrected chi connectivity index (χ2v) is 5.47. The van der Waals surface area contributed by atoms with Gasteiger partial charge in [-0.15, -0.1) is 0 Å². The maximum absolute atomic E-state index is 12.0. The Labute approximate surface area is 117 Å². The lowest BCUT2D eigenvalue weighted by molar-refractivity contribution is -0.143. The highest BCUT2D eigenvalue weighted by molar-refractivity contribution is 5.86. The fraction of sp³-hybridized carbons (Fsp3) is 0.467. The van der Waals surface area contributed by atoms with Crippen molar-refractivity contribution in [3.63, 3.8) is 0 Å². The van der Waals surface area contributed by atoms with Gasteiger partial charge in [0.05, 0.1) is 12.5 Å². The number of nitrogens with one attached hydrogen (secondary N) is 1. The van der Waals surface area contributed by atoms with Crippen LogP contribution in [0.1, 0.15) is 17.5 Å². The molecule has 1 saturated heterocycles. The summed E-state index contributed by atoms with van der Waals surface area (Å²) in [7, 11) is 0. The molecule has 1 aromatic carbocycles. The van der Waals surface area contributed by atoms with E-state index in [-0.39, 0.29) is 18.4 Å². The molecule has 0 bridgehead atoms. The number of carboxylic acids is 1. The summed E-state index contributed by atoms with van der Waals surface area (Å²) < 4.78 is 0. The number of aliphatic carboxylic acids is 1. The molecule has 1 heterocycles. The third-order valence-corrected chi connectivity index (χ3v) is 4.24. The summed E-state index contributed by atoms with van der Waals surface area (Å²) in [6.07, 6.45) is 1.68. The molecule has 1 aromatic rings. The number of carbonyl (C=O) groups excluding carboxylic acids is 1. The zero-order valence-electron chi connectivity index (χ0n) is 11.2. The first kappa shape index (κ1) is 13.1. The van der Waals surface area contributed by atoms with Gasteiger partial charge in [0.1, 0.15) is 0 Å². The molecule has 2 N–H and O–H groups in total. The number of amides is 1. The van der Waals surface area contributed by atoms with Gasteiger partial charge in [0, 0.05) is 19.1 Å². The van der Waals surface area contributed by atoms with Crippen molar-refractivity contribution in [2.45, 2.75) is 31.3 Å². The van der Waals surface area contributed by atoms with Gasteiger partial charge >= 0.3 is 5.97 Å². The monoisotopic (exact) mass is 274 g/mol. The summed E-state index contributed by atoms with van der Waals surface area (Å²) in [5.74, 6) is -1.08. The van der Waals surface area contributed by atoms with Crippen LogP contribution in [-0.2, 0) is 22.4 Å². The first-order valence-electron chi connectivity index (χ1n) is 6.97. The van der Waals surface area contributed by atoms with Crippen molar-refractivity contribution in [2.75, 3.05) is 13.1 Å². The second kappa shape index (κ2) is 5.25. The molecule has 1 atom stereocenters. The molecule has 5 heteroatoms. The summed E-state index contributed by atoms with van der Waals surface area (Å²) in [4.78, 5) is 25.0. The van der Waals surface area contributed by atoms with E-state index in [1.807, 2.05) is 12.1 Å². The maximum atomic E-state index is 12.0. The number of carbonyl (C=O) groups is 2. The normalized spacial score (nSPS) is 23.4. The smallest absolute Gasteiger partial charge is 0.305 e. The van der Waals surface area contributed by atoms with Gasteiger partial charge in [0.15, 0.2) is 0 Å². The number of nitrogens with zero attached hydrogens (tertiary/aromatic N) is 1. The topological polar surface area (TPSA) is 69.6 Å². The summed E-state index contributed by atoms with van der Waals surface area (Å²) in [6, 6.07) is 7.98. The molecule has 0 radical (unpaired) electrons. The standard InChI is InChI=1S/C15H18N2O3/c18-14(19)9-13-15(20)16-5-6-17(13)12-7-10-3-1-2-4-11(10)8-12/h1-4,12-13H,5-9H2,(H,16,20)(H,18,19). The van der Waals surface area contributed by atoms with E-state index in [0.717, 1.165) is 19.4 Å². The predicted octanol–water partition coefficient (Wildman–Crippen LogP) is 0.429. The van der Waals surface area contributed by atoms with E-state index in [2.05, 4.69) is 22.3 Å². The van der Waals surface area contributed by atoms with Gasteiger partial charge in [0.2, 0.25) is 5.91 Å². The number of rotatable bonds is 3. The number of carboxylic acid groups (broad SMARTS) is 1. The molecule has 1 fully saturated rings. The van der Waals surface area contributed by atoms with Gasteiger partial charge in [-0.3, -0.25) is 14.5 Å². The zero-order valence-corrected chi connectivity index (χ0v) is 11.2. The first-order chi connectivity index (χ1) is 9.65. The average molecular weight is 274 g/mol. The van der Waals surface area contributed by atoms with Crippen LogP contribution >= 0.6 is 0 Å². The van der Waals surface area contributed by atoms with Crippen LogP contribution in [0.15, 0.2) is 24.3 Å². The van der Waals surface area contributed by atoms with E-state index in [4.69, 9.17) is 5.11 Å². The third kappa shape index (κ3) is 2.41. The molecule has 1 amide bonds. The van der Waals surface area contributed by atoms with Gasteiger partial charge in [0.25, 0.3) is 0 Å². The Morgan fingerprint density at radius 2 is 1.95 bits per heavy atom. The van der Waals surface area contributed by atoms with Crippen LogP contribution in [0.2, 0.25) is 0 Å². The van der Waals surface area contributed by atoms with Gasteiger partial charge < -0.3 is 10.4 Å². The Hall–Kier alpha value is -1.88. The second-order valence-electron chi connectivity index (χ2n) is 5.47. The molecule has 0 spiro atoms. The number of benzene rings is 1. The van der Waals surface area contributed by atoms with E-state index in [1.165, 1.54) is 11.1 Å². The van der Waals surface area contributed by atoms with Crippen molar-refractivity contribution < 1.29 is 14.7 Å². The minimum Gasteiger partial charge on any atom is -0.481 e. The van der Waals surface area contributed by atoms with Crippen molar-refractivity contribution in [3.05, 3.63) is 35.4 Å². The molecule has 1 aliphatic carbocycles. The van der Waals surface area contributed by atoms with E-state index in [1.54, 1.807) is 0 Å². The first-order valence-corrected chi connectivity index (χ1v) is 6.97. The molecule has 0 saturated carbocycles. The van der Waals surface area contributed by atoms with Crippen LogP contribution in [0.25, 0.3) is 0 Å². The van der Waals surface area contributed by atoms with Crippen LogP contribution in [-0.4, -0.2) is 47.1 Å². The molecule has 1 unspecified atom stereocenters. The molecular weight excluding hydrogens is 256 g/mol. The molecule has 5 nitrogen and oxygen atoms in total. The third-order valence-electron chi connectivity index (χ3n) is 4.24. The molecule has 1 aliphatic heterocycles. The van der Waals surface area contributed by atoms with Crippen molar-refractivity contribution in [1.82, 2.24) is 10.2 Å². The van der Waals surface area contributed by atoms with E-state index in [9.17, 15) is 9.59 Å². The van der Waals surface area contributed by atoms with Crippen LogP contribution in [0.5, 0.6) is 0 Å². The van der Waals surface area contributed by atoms with Crippen LogP contribution in [0, 0.1) is 0 Å². The van der Waals surface area contributed by atoms with Crippen molar-refractivity contribution in [2.24, 2.45) is 0 Å². The highest BCUT2D eigenvalue weighted by Gasteiger charge is 2.37. The van der Waals surface area contributed by atoms with Gasteiger partial charge in [-0.05, 0) is 24.0 Å². The largest absolute Gasteiger partial charge is 0.481 e. The lowest BCUT2D eigenvalue weighted by Gasteiger charge is -2.38.